The Balaban J connectivity index is 1.85. The molecule has 1 N–H and O–H groups in total. The SMILES string of the molecule is CCn1cccc1CNc1ccccc1-c1nncn1C. The van der Waals surface area contributed by atoms with Crippen molar-refractivity contribution in [2.24, 2.45) is 7.05 Å². The Morgan fingerprint density at radius 3 is 2.76 bits per heavy atom. The van der Waals surface area contributed by atoms with Gasteiger partial charge in [-0.15, -0.1) is 10.2 Å². The maximum atomic E-state index is 4.19. The van der Waals surface area contributed by atoms with E-state index >= 15 is 0 Å². The molecule has 0 atom stereocenters. The summed E-state index contributed by atoms with van der Waals surface area (Å²) in [6.45, 7) is 3.92. The van der Waals surface area contributed by atoms with Gasteiger partial charge in [0.2, 0.25) is 0 Å². The molecule has 0 radical (unpaired) electrons. The molecule has 0 fully saturated rings. The van der Waals surface area contributed by atoms with Crippen molar-refractivity contribution in [3.05, 3.63) is 54.6 Å². The second-order valence-electron chi connectivity index (χ2n) is 4.95. The van der Waals surface area contributed by atoms with E-state index < -0.39 is 0 Å². The molecule has 3 aromatic rings. The van der Waals surface area contributed by atoms with Crippen molar-refractivity contribution in [1.82, 2.24) is 19.3 Å². The van der Waals surface area contributed by atoms with Crippen molar-refractivity contribution < 1.29 is 0 Å². The molecule has 1 aromatic carbocycles. The summed E-state index contributed by atoms with van der Waals surface area (Å²) < 4.78 is 4.16. The first-order valence-corrected chi connectivity index (χ1v) is 7.11. The van der Waals surface area contributed by atoms with Gasteiger partial charge in [-0.25, -0.2) is 0 Å². The molecule has 5 nitrogen and oxygen atoms in total. The second kappa shape index (κ2) is 5.83. The number of aromatic nitrogens is 4. The molecular formula is C16H19N5. The zero-order chi connectivity index (χ0) is 14.7. The van der Waals surface area contributed by atoms with Crippen LogP contribution in [-0.2, 0) is 20.1 Å². The molecule has 0 aliphatic rings. The number of rotatable bonds is 5. The van der Waals surface area contributed by atoms with E-state index in [4.69, 9.17) is 0 Å². The van der Waals surface area contributed by atoms with Crippen LogP contribution in [0.25, 0.3) is 11.4 Å². The third-order valence-corrected chi connectivity index (χ3v) is 3.60. The minimum atomic E-state index is 0.787. The van der Waals surface area contributed by atoms with Gasteiger partial charge in [-0.05, 0) is 31.2 Å². The van der Waals surface area contributed by atoms with Crippen molar-refractivity contribution in [3.63, 3.8) is 0 Å². The molecule has 21 heavy (non-hydrogen) atoms. The molecule has 3 rings (SSSR count). The highest BCUT2D eigenvalue weighted by Gasteiger charge is 2.09. The van der Waals surface area contributed by atoms with Crippen molar-refractivity contribution in [2.45, 2.75) is 20.0 Å². The second-order valence-corrected chi connectivity index (χ2v) is 4.95. The topological polar surface area (TPSA) is 47.7 Å². The van der Waals surface area contributed by atoms with Crippen LogP contribution < -0.4 is 5.32 Å². The Morgan fingerprint density at radius 1 is 1.14 bits per heavy atom. The summed E-state index contributed by atoms with van der Waals surface area (Å²) in [4.78, 5) is 0. The van der Waals surface area contributed by atoms with Crippen LogP contribution in [0.15, 0.2) is 48.9 Å². The van der Waals surface area contributed by atoms with Crippen LogP contribution in [0.1, 0.15) is 12.6 Å². The predicted molar refractivity (Wildman–Crippen MR) is 83.9 cm³/mol. The van der Waals surface area contributed by atoms with E-state index in [1.807, 2.05) is 23.7 Å². The van der Waals surface area contributed by atoms with E-state index in [0.717, 1.165) is 30.2 Å². The molecule has 0 aliphatic carbocycles. The number of nitrogens with one attached hydrogen (secondary N) is 1. The highest BCUT2D eigenvalue weighted by molar-refractivity contribution is 5.73. The fraction of sp³-hybridized carbons (Fsp3) is 0.250. The van der Waals surface area contributed by atoms with E-state index in [-0.39, 0.29) is 0 Å². The van der Waals surface area contributed by atoms with Gasteiger partial charge < -0.3 is 14.5 Å². The highest BCUT2D eigenvalue weighted by atomic mass is 15.2. The van der Waals surface area contributed by atoms with Crippen LogP contribution in [0.2, 0.25) is 0 Å². The Morgan fingerprint density at radius 2 is 2.00 bits per heavy atom. The number of hydrogen-bond acceptors (Lipinski definition) is 3. The van der Waals surface area contributed by atoms with Gasteiger partial charge in [0.1, 0.15) is 6.33 Å². The Kier molecular flexibility index (Phi) is 3.73. The quantitative estimate of drug-likeness (QED) is 0.782. The zero-order valence-electron chi connectivity index (χ0n) is 12.3. The normalized spacial score (nSPS) is 10.8. The molecular weight excluding hydrogens is 262 g/mol. The molecule has 0 aliphatic heterocycles. The predicted octanol–water partition coefficient (Wildman–Crippen LogP) is 2.92. The molecule has 2 aromatic heterocycles. The van der Waals surface area contributed by atoms with Crippen LogP contribution in [0.5, 0.6) is 0 Å². The van der Waals surface area contributed by atoms with Crippen LogP contribution in [-0.4, -0.2) is 19.3 Å². The third-order valence-electron chi connectivity index (χ3n) is 3.60. The molecule has 0 unspecified atom stereocenters. The van der Waals surface area contributed by atoms with Gasteiger partial charge >= 0.3 is 0 Å². The molecule has 0 amide bonds. The Bertz CT molecular complexity index is 726. The third kappa shape index (κ3) is 2.67. The fourth-order valence-electron chi connectivity index (χ4n) is 2.46. The summed E-state index contributed by atoms with van der Waals surface area (Å²) >= 11 is 0. The van der Waals surface area contributed by atoms with Crippen molar-refractivity contribution in [3.8, 4) is 11.4 Å². The monoisotopic (exact) mass is 281 g/mol. The minimum Gasteiger partial charge on any atom is -0.379 e. The molecule has 2 heterocycles. The summed E-state index contributed by atoms with van der Waals surface area (Å²) in [7, 11) is 1.95. The minimum absolute atomic E-state index is 0.787. The van der Waals surface area contributed by atoms with Crippen LogP contribution >= 0.6 is 0 Å². The van der Waals surface area contributed by atoms with Gasteiger partial charge in [-0.2, -0.15) is 0 Å². The summed E-state index contributed by atoms with van der Waals surface area (Å²) in [5.74, 6) is 0.865. The average Bonchev–Trinajstić information content (AvgIpc) is 3.13. The first-order chi connectivity index (χ1) is 10.3. The smallest absolute Gasteiger partial charge is 0.165 e. The lowest BCUT2D eigenvalue weighted by Crippen LogP contribution is -2.07. The van der Waals surface area contributed by atoms with Gasteiger partial charge in [-0.1, -0.05) is 12.1 Å². The summed E-state index contributed by atoms with van der Waals surface area (Å²) in [6, 6.07) is 12.4. The van der Waals surface area contributed by atoms with Gasteiger partial charge in [0.05, 0.1) is 6.54 Å². The van der Waals surface area contributed by atoms with Gasteiger partial charge in [0, 0.05) is 36.7 Å². The zero-order valence-corrected chi connectivity index (χ0v) is 12.3. The maximum absolute atomic E-state index is 4.19. The lowest BCUT2D eigenvalue weighted by atomic mass is 10.1. The Labute approximate surface area is 124 Å². The number of hydrogen-bond donors (Lipinski definition) is 1. The van der Waals surface area contributed by atoms with Gasteiger partial charge in [0.25, 0.3) is 0 Å². The van der Waals surface area contributed by atoms with Crippen molar-refractivity contribution in [1.29, 1.82) is 0 Å². The standard InChI is InChI=1S/C16H19N5/c1-3-21-10-6-7-13(21)11-17-15-9-5-4-8-14(15)16-19-18-12-20(16)2/h4-10,12,17H,3,11H2,1-2H3. The molecule has 5 heteroatoms. The van der Waals surface area contributed by atoms with E-state index in [1.165, 1.54) is 5.69 Å². The van der Waals surface area contributed by atoms with Crippen molar-refractivity contribution in [2.75, 3.05) is 5.32 Å². The van der Waals surface area contributed by atoms with Gasteiger partial charge in [-0.3, -0.25) is 0 Å². The lowest BCUT2D eigenvalue weighted by Gasteiger charge is -2.12. The number of anilines is 1. The largest absolute Gasteiger partial charge is 0.379 e. The lowest BCUT2D eigenvalue weighted by molar-refractivity contribution is 0.724. The molecule has 0 saturated carbocycles. The average molecular weight is 281 g/mol. The number of benzene rings is 1. The summed E-state index contributed by atoms with van der Waals surface area (Å²) in [6.07, 6.45) is 3.82. The fourth-order valence-corrected chi connectivity index (χ4v) is 2.46. The van der Waals surface area contributed by atoms with E-state index in [2.05, 4.69) is 57.5 Å². The van der Waals surface area contributed by atoms with Gasteiger partial charge in [0.15, 0.2) is 5.82 Å². The van der Waals surface area contributed by atoms with E-state index in [1.54, 1.807) is 6.33 Å². The summed E-state index contributed by atoms with van der Waals surface area (Å²) in [5.41, 5.74) is 3.40. The van der Waals surface area contributed by atoms with Crippen LogP contribution in [0.3, 0.4) is 0 Å². The van der Waals surface area contributed by atoms with Crippen molar-refractivity contribution >= 4 is 5.69 Å². The van der Waals surface area contributed by atoms with Crippen LogP contribution in [0, 0.1) is 0 Å². The number of aryl methyl sites for hydroxylation is 2. The maximum Gasteiger partial charge on any atom is 0.165 e. The molecule has 108 valence electrons. The number of para-hydroxylation sites is 1. The van der Waals surface area contributed by atoms with E-state index in [9.17, 15) is 0 Å². The molecule has 0 bridgehead atoms. The first kappa shape index (κ1) is 13.4. The number of nitrogens with zero attached hydrogens (tertiary/aromatic N) is 4. The molecule has 0 spiro atoms. The van der Waals surface area contributed by atoms with E-state index in [0.29, 0.717) is 0 Å². The van der Waals surface area contributed by atoms with Crippen LogP contribution in [0.4, 0.5) is 5.69 Å². The highest BCUT2D eigenvalue weighted by Crippen LogP contribution is 2.26. The molecule has 0 saturated heterocycles. The Hall–Kier alpha value is -2.56. The first-order valence-electron chi connectivity index (χ1n) is 7.11. The summed E-state index contributed by atoms with van der Waals surface area (Å²) in [5, 5.41) is 11.7.